The van der Waals surface area contributed by atoms with Crippen molar-refractivity contribution >= 4 is 11.8 Å². The smallest absolute Gasteiger partial charge is 0.226 e. The van der Waals surface area contributed by atoms with Crippen molar-refractivity contribution < 1.29 is 14.3 Å². The van der Waals surface area contributed by atoms with Gasteiger partial charge in [0, 0.05) is 44.6 Å². The molecule has 0 radical (unpaired) electrons. The van der Waals surface area contributed by atoms with Crippen molar-refractivity contribution in [2.45, 2.75) is 71.1 Å². The fourth-order valence-corrected chi connectivity index (χ4v) is 7.29. The standard InChI is InChI=1S/C27H39N3O3/c1-19-17-30(7-8-33-19)18-21-4-2-3-20(9-21)16-29-25(31)5-6-28-26(32)27-13-22-10-23(14-27)12-24(11-22)15-27/h2-4,9,19,22-24H,5-8,10-18H2,1H3,(H,28,32)(H,29,31). The van der Waals surface area contributed by atoms with Gasteiger partial charge in [-0.15, -0.1) is 0 Å². The first kappa shape index (κ1) is 22.9. The van der Waals surface area contributed by atoms with Crippen LogP contribution in [0.5, 0.6) is 0 Å². The van der Waals surface area contributed by atoms with Gasteiger partial charge in [0.1, 0.15) is 0 Å². The van der Waals surface area contributed by atoms with Gasteiger partial charge in [0.05, 0.1) is 12.7 Å². The molecule has 180 valence electrons. The van der Waals surface area contributed by atoms with E-state index in [0.29, 0.717) is 19.5 Å². The third-order valence-corrected chi connectivity index (χ3v) is 8.37. The average Bonchev–Trinajstić information content (AvgIpc) is 2.77. The Labute approximate surface area is 197 Å². The van der Waals surface area contributed by atoms with Crippen molar-refractivity contribution in [2.75, 3.05) is 26.2 Å². The van der Waals surface area contributed by atoms with Crippen LogP contribution in [0.3, 0.4) is 0 Å². The molecule has 1 atom stereocenters. The van der Waals surface area contributed by atoms with E-state index in [2.05, 4.69) is 46.7 Å². The van der Waals surface area contributed by atoms with E-state index in [1.54, 1.807) is 0 Å². The first-order valence-electron chi connectivity index (χ1n) is 12.9. The summed E-state index contributed by atoms with van der Waals surface area (Å²) < 4.78 is 5.63. The zero-order valence-corrected chi connectivity index (χ0v) is 20.0. The summed E-state index contributed by atoms with van der Waals surface area (Å²) in [6, 6.07) is 8.44. The zero-order valence-electron chi connectivity index (χ0n) is 20.0. The normalized spacial score (nSPS) is 33.1. The number of hydrogen-bond donors (Lipinski definition) is 2. The second-order valence-corrected chi connectivity index (χ2v) is 11.2. The Balaban J connectivity index is 1.04. The summed E-state index contributed by atoms with van der Waals surface area (Å²) >= 11 is 0. The van der Waals surface area contributed by atoms with Crippen LogP contribution in [-0.4, -0.2) is 49.1 Å². The van der Waals surface area contributed by atoms with Gasteiger partial charge >= 0.3 is 0 Å². The maximum atomic E-state index is 13.0. The molecule has 0 aromatic heterocycles. The SMILES string of the molecule is CC1CN(Cc2cccc(CNC(=O)CCNC(=O)C34CC5CC(CC(C5)C3)C4)c2)CCO1. The molecule has 2 amide bonds. The molecule has 4 saturated carbocycles. The lowest BCUT2D eigenvalue weighted by Gasteiger charge is -2.55. The van der Waals surface area contributed by atoms with Gasteiger partial charge in [-0.25, -0.2) is 0 Å². The lowest BCUT2D eigenvalue weighted by Crippen LogP contribution is -2.53. The summed E-state index contributed by atoms with van der Waals surface area (Å²) in [7, 11) is 0. The Morgan fingerprint density at radius 2 is 1.76 bits per heavy atom. The molecular weight excluding hydrogens is 414 g/mol. The van der Waals surface area contributed by atoms with E-state index < -0.39 is 0 Å². The lowest BCUT2D eigenvalue weighted by atomic mass is 9.49. The van der Waals surface area contributed by atoms with Crippen molar-refractivity contribution in [3.05, 3.63) is 35.4 Å². The second-order valence-electron chi connectivity index (χ2n) is 11.2. The van der Waals surface area contributed by atoms with Crippen LogP contribution in [0.15, 0.2) is 24.3 Å². The molecule has 1 aromatic rings. The highest BCUT2D eigenvalue weighted by molar-refractivity contribution is 5.84. The molecule has 6 rings (SSSR count). The highest BCUT2D eigenvalue weighted by Crippen LogP contribution is 2.60. The first-order chi connectivity index (χ1) is 16.0. The van der Waals surface area contributed by atoms with Gasteiger partial charge in [-0.3, -0.25) is 14.5 Å². The molecule has 5 aliphatic rings. The Hall–Kier alpha value is -1.92. The van der Waals surface area contributed by atoms with Crippen LogP contribution in [0.4, 0.5) is 0 Å². The van der Waals surface area contributed by atoms with Crippen LogP contribution >= 0.6 is 0 Å². The number of carbonyl (C=O) groups excluding carboxylic acids is 2. The second kappa shape index (κ2) is 9.75. The van der Waals surface area contributed by atoms with Crippen LogP contribution in [0.25, 0.3) is 0 Å². The van der Waals surface area contributed by atoms with Gasteiger partial charge in [-0.2, -0.15) is 0 Å². The summed E-state index contributed by atoms with van der Waals surface area (Å²) in [4.78, 5) is 27.8. The number of hydrogen-bond acceptors (Lipinski definition) is 4. The average molecular weight is 454 g/mol. The number of nitrogens with zero attached hydrogens (tertiary/aromatic N) is 1. The van der Waals surface area contributed by atoms with Crippen molar-refractivity contribution in [3.63, 3.8) is 0 Å². The van der Waals surface area contributed by atoms with Gasteiger partial charge in [-0.1, -0.05) is 24.3 Å². The quantitative estimate of drug-likeness (QED) is 0.634. The molecule has 1 aromatic carbocycles. The topological polar surface area (TPSA) is 70.7 Å². The monoisotopic (exact) mass is 453 g/mol. The van der Waals surface area contributed by atoms with E-state index in [0.717, 1.165) is 68.8 Å². The Morgan fingerprint density at radius 1 is 1.06 bits per heavy atom. The Kier molecular flexibility index (Phi) is 6.75. The summed E-state index contributed by atoms with van der Waals surface area (Å²) in [5.41, 5.74) is 2.24. The van der Waals surface area contributed by atoms with E-state index in [4.69, 9.17) is 4.74 Å². The highest BCUT2D eigenvalue weighted by Gasteiger charge is 2.54. The number of benzene rings is 1. The zero-order chi connectivity index (χ0) is 22.8. The Bertz CT molecular complexity index is 835. The molecule has 0 spiro atoms. The van der Waals surface area contributed by atoms with Crippen LogP contribution in [0, 0.1) is 23.2 Å². The summed E-state index contributed by atoms with van der Waals surface area (Å²) in [6.07, 6.45) is 7.82. The number of ether oxygens (including phenoxy) is 1. The molecule has 6 heteroatoms. The molecule has 1 heterocycles. The minimum atomic E-state index is -0.135. The van der Waals surface area contributed by atoms with Crippen molar-refractivity contribution in [3.8, 4) is 0 Å². The molecule has 1 aliphatic heterocycles. The van der Waals surface area contributed by atoms with Gasteiger partial charge in [0.25, 0.3) is 0 Å². The predicted octanol–water partition coefficient (Wildman–Crippen LogP) is 3.25. The molecule has 1 saturated heterocycles. The van der Waals surface area contributed by atoms with E-state index in [1.165, 1.54) is 24.8 Å². The maximum absolute atomic E-state index is 13.0. The lowest BCUT2D eigenvalue weighted by molar-refractivity contribution is -0.146. The highest BCUT2D eigenvalue weighted by atomic mass is 16.5. The number of carbonyl (C=O) groups is 2. The number of nitrogens with one attached hydrogen (secondary N) is 2. The summed E-state index contributed by atoms with van der Waals surface area (Å²) in [5.74, 6) is 2.47. The summed E-state index contributed by atoms with van der Waals surface area (Å²) in [6.45, 7) is 6.68. The summed E-state index contributed by atoms with van der Waals surface area (Å²) in [5, 5.41) is 6.13. The first-order valence-corrected chi connectivity index (χ1v) is 12.9. The van der Waals surface area contributed by atoms with Crippen LogP contribution in [0.2, 0.25) is 0 Å². The maximum Gasteiger partial charge on any atom is 0.226 e. The van der Waals surface area contributed by atoms with Gasteiger partial charge in [-0.05, 0) is 74.3 Å². The largest absolute Gasteiger partial charge is 0.376 e. The van der Waals surface area contributed by atoms with Crippen LogP contribution < -0.4 is 10.6 Å². The van der Waals surface area contributed by atoms with Gasteiger partial charge in [0.15, 0.2) is 0 Å². The molecule has 1 unspecified atom stereocenters. The molecule has 33 heavy (non-hydrogen) atoms. The van der Waals surface area contributed by atoms with Crippen molar-refractivity contribution in [1.29, 1.82) is 0 Å². The molecule has 6 nitrogen and oxygen atoms in total. The minimum Gasteiger partial charge on any atom is -0.376 e. The third-order valence-electron chi connectivity index (χ3n) is 8.37. The molecular formula is C27H39N3O3. The molecule has 5 fully saturated rings. The van der Waals surface area contributed by atoms with E-state index in [1.807, 2.05) is 0 Å². The van der Waals surface area contributed by atoms with Crippen molar-refractivity contribution in [1.82, 2.24) is 15.5 Å². The molecule has 4 aliphatic carbocycles. The molecule has 4 bridgehead atoms. The van der Waals surface area contributed by atoms with Gasteiger partial charge in [0.2, 0.25) is 11.8 Å². The van der Waals surface area contributed by atoms with Gasteiger partial charge < -0.3 is 15.4 Å². The van der Waals surface area contributed by atoms with E-state index in [-0.39, 0.29) is 23.3 Å². The van der Waals surface area contributed by atoms with Crippen molar-refractivity contribution in [2.24, 2.45) is 23.2 Å². The fourth-order valence-electron chi connectivity index (χ4n) is 7.29. The third kappa shape index (κ3) is 5.43. The fraction of sp³-hybridized carbons (Fsp3) is 0.704. The molecule has 2 N–H and O–H groups in total. The number of rotatable bonds is 8. The minimum absolute atomic E-state index is 0.00628. The number of amides is 2. The van der Waals surface area contributed by atoms with Crippen LogP contribution in [0.1, 0.15) is 63.0 Å². The van der Waals surface area contributed by atoms with E-state index >= 15 is 0 Å². The van der Waals surface area contributed by atoms with E-state index in [9.17, 15) is 9.59 Å². The van der Waals surface area contributed by atoms with Crippen LogP contribution in [-0.2, 0) is 27.4 Å². The Morgan fingerprint density at radius 3 is 2.45 bits per heavy atom. The number of morpholine rings is 1. The predicted molar refractivity (Wildman–Crippen MR) is 127 cm³/mol.